The highest BCUT2D eigenvalue weighted by Crippen LogP contribution is 2.19. The molecule has 25 heavy (non-hydrogen) atoms. The molecule has 8 nitrogen and oxygen atoms in total. The van der Waals surface area contributed by atoms with E-state index in [0.29, 0.717) is 24.8 Å². The number of ether oxygens (including phenoxy) is 1. The molecule has 0 unspecified atom stereocenters. The molecular formula is C17H24N6O2. The molecule has 2 aliphatic rings. The summed E-state index contributed by atoms with van der Waals surface area (Å²) in [6.07, 6.45) is 2.62. The number of nitrogens with one attached hydrogen (secondary N) is 1. The Kier molecular flexibility index (Phi) is 4.39. The van der Waals surface area contributed by atoms with Gasteiger partial charge in [-0.25, -0.2) is 9.50 Å². The Hall–Kier alpha value is -2.06. The number of rotatable bonds is 4. The predicted molar refractivity (Wildman–Crippen MR) is 91.3 cm³/mol. The van der Waals surface area contributed by atoms with E-state index in [9.17, 15) is 4.79 Å². The van der Waals surface area contributed by atoms with Gasteiger partial charge in [-0.05, 0) is 45.8 Å². The van der Waals surface area contributed by atoms with E-state index >= 15 is 0 Å². The van der Waals surface area contributed by atoms with E-state index in [1.54, 1.807) is 4.52 Å². The monoisotopic (exact) mass is 344 g/mol. The fourth-order valence-electron chi connectivity index (χ4n) is 3.80. The molecule has 2 fully saturated rings. The Morgan fingerprint density at radius 2 is 2.08 bits per heavy atom. The zero-order chi connectivity index (χ0) is 17.4. The van der Waals surface area contributed by atoms with Gasteiger partial charge < -0.3 is 10.1 Å². The molecule has 2 atom stereocenters. The van der Waals surface area contributed by atoms with Gasteiger partial charge in [0.05, 0.1) is 31.7 Å². The third kappa shape index (κ3) is 3.36. The lowest BCUT2D eigenvalue weighted by atomic mass is 10.1. The highest BCUT2D eigenvalue weighted by Gasteiger charge is 2.35. The fourth-order valence-corrected chi connectivity index (χ4v) is 3.80. The van der Waals surface area contributed by atoms with E-state index in [1.165, 1.54) is 12.8 Å². The second-order valence-corrected chi connectivity index (χ2v) is 6.98. The summed E-state index contributed by atoms with van der Waals surface area (Å²) < 4.78 is 7.29. The van der Waals surface area contributed by atoms with Crippen LogP contribution in [0.2, 0.25) is 0 Å². The van der Waals surface area contributed by atoms with Crippen molar-refractivity contribution in [2.45, 2.75) is 45.2 Å². The van der Waals surface area contributed by atoms with Crippen LogP contribution in [-0.4, -0.2) is 68.8 Å². The van der Waals surface area contributed by atoms with Crippen molar-refractivity contribution in [1.29, 1.82) is 0 Å². The Bertz CT molecular complexity index is 783. The van der Waals surface area contributed by atoms with Crippen LogP contribution >= 0.6 is 0 Å². The van der Waals surface area contributed by atoms with E-state index < -0.39 is 0 Å². The first-order chi connectivity index (χ1) is 12.1. The maximum Gasteiger partial charge on any atom is 0.252 e. The Morgan fingerprint density at radius 1 is 1.28 bits per heavy atom. The summed E-state index contributed by atoms with van der Waals surface area (Å²) in [5.74, 6) is 0.972. The molecule has 0 aromatic carbocycles. The summed E-state index contributed by atoms with van der Waals surface area (Å²) in [4.78, 5) is 23.6. The van der Waals surface area contributed by atoms with Crippen molar-refractivity contribution in [3.05, 3.63) is 23.3 Å². The summed E-state index contributed by atoms with van der Waals surface area (Å²) in [6.45, 7) is 7.34. The van der Waals surface area contributed by atoms with Gasteiger partial charge in [-0.1, -0.05) is 0 Å². The van der Waals surface area contributed by atoms with Gasteiger partial charge in [0.2, 0.25) is 5.91 Å². The van der Waals surface area contributed by atoms with Crippen LogP contribution in [0.3, 0.4) is 0 Å². The Morgan fingerprint density at radius 3 is 2.88 bits per heavy atom. The van der Waals surface area contributed by atoms with Crippen molar-refractivity contribution < 1.29 is 9.53 Å². The van der Waals surface area contributed by atoms with Gasteiger partial charge in [-0.3, -0.25) is 9.69 Å². The lowest BCUT2D eigenvalue weighted by molar-refractivity contribution is -0.121. The minimum atomic E-state index is -0.0648. The molecule has 2 aliphatic heterocycles. The minimum absolute atomic E-state index is 0.0461. The first-order valence-electron chi connectivity index (χ1n) is 8.91. The molecule has 0 bridgehead atoms. The quantitative estimate of drug-likeness (QED) is 0.857. The number of fused-ring (bicyclic) bond motifs is 1. The third-order valence-electron chi connectivity index (χ3n) is 4.99. The van der Waals surface area contributed by atoms with Gasteiger partial charge in [0, 0.05) is 11.4 Å². The van der Waals surface area contributed by atoms with Gasteiger partial charge in [0.25, 0.3) is 5.78 Å². The van der Waals surface area contributed by atoms with Crippen molar-refractivity contribution in [2.24, 2.45) is 0 Å². The summed E-state index contributed by atoms with van der Waals surface area (Å²) >= 11 is 0. The Labute approximate surface area is 146 Å². The van der Waals surface area contributed by atoms with E-state index in [2.05, 4.69) is 25.3 Å². The molecule has 2 aromatic heterocycles. The maximum atomic E-state index is 12.5. The van der Waals surface area contributed by atoms with Crippen molar-refractivity contribution in [3.8, 4) is 0 Å². The summed E-state index contributed by atoms with van der Waals surface area (Å²) in [6, 6.07) is 2.28. The van der Waals surface area contributed by atoms with E-state index in [4.69, 9.17) is 4.74 Å². The number of amides is 1. The van der Waals surface area contributed by atoms with Crippen LogP contribution in [0.5, 0.6) is 0 Å². The zero-order valence-corrected chi connectivity index (χ0v) is 14.7. The Balaban J connectivity index is 1.42. The summed E-state index contributed by atoms with van der Waals surface area (Å²) in [7, 11) is 0. The standard InChI is InChI=1S/C17H24N6O2/c1-11-7-12(2)23-17(18-11)20-15(21-23)8-16(24)19-13-9-25-10-14(13)22-5-3-4-6-22/h7,13-14H,3-6,8-10H2,1-2H3,(H,19,24)/t13-,14-/m0/s1. The predicted octanol–water partition coefficient (Wildman–Crippen LogP) is 0.263. The molecule has 0 aliphatic carbocycles. The van der Waals surface area contributed by atoms with Crippen LogP contribution in [0.15, 0.2) is 6.07 Å². The number of hydrogen-bond acceptors (Lipinski definition) is 6. The molecule has 1 N–H and O–H groups in total. The molecule has 0 radical (unpaired) electrons. The zero-order valence-electron chi connectivity index (χ0n) is 14.7. The number of aromatic nitrogens is 4. The molecule has 134 valence electrons. The molecule has 1 amide bonds. The summed E-state index contributed by atoms with van der Waals surface area (Å²) in [5.41, 5.74) is 1.85. The third-order valence-corrected chi connectivity index (χ3v) is 4.99. The first-order valence-corrected chi connectivity index (χ1v) is 8.91. The van der Waals surface area contributed by atoms with Gasteiger partial charge in [-0.2, -0.15) is 4.98 Å². The molecule has 2 aromatic rings. The highest BCUT2D eigenvalue weighted by molar-refractivity contribution is 5.78. The molecule has 4 heterocycles. The molecule has 2 saturated heterocycles. The number of aryl methyl sites for hydroxylation is 2. The largest absolute Gasteiger partial charge is 0.378 e. The van der Waals surface area contributed by atoms with Crippen molar-refractivity contribution in [1.82, 2.24) is 29.8 Å². The van der Waals surface area contributed by atoms with Crippen molar-refractivity contribution in [2.75, 3.05) is 26.3 Å². The normalized spacial score (nSPS) is 24.2. The first kappa shape index (κ1) is 16.4. The van der Waals surface area contributed by atoms with Gasteiger partial charge >= 0.3 is 0 Å². The SMILES string of the molecule is Cc1cc(C)n2nc(CC(=O)N[C@H]3COC[C@@H]3N3CCCC3)nc2n1. The molecule has 8 heteroatoms. The van der Waals surface area contributed by atoms with E-state index in [1.807, 2.05) is 19.9 Å². The van der Waals surface area contributed by atoms with Gasteiger partial charge in [0.15, 0.2) is 5.82 Å². The average molecular weight is 344 g/mol. The van der Waals surface area contributed by atoms with Crippen LogP contribution < -0.4 is 5.32 Å². The molecule has 0 spiro atoms. The number of hydrogen-bond donors (Lipinski definition) is 1. The van der Waals surface area contributed by atoms with Crippen molar-refractivity contribution >= 4 is 11.7 Å². The smallest absolute Gasteiger partial charge is 0.252 e. The average Bonchev–Trinajstić information content (AvgIpc) is 3.26. The van der Waals surface area contributed by atoms with Crippen LogP contribution in [0.1, 0.15) is 30.1 Å². The molecule has 0 saturated carbocycles. The van der Waals surface area contributed by atoms with E-state index in [0.717, 1.165) is 24.5 Å². The maximum absolute atomic E-state index is 12.5. The second kappa shape index (κ2) is 6.68. The van der Waals surface area contributed by atoms with Gasteiger partial charge in [0.1, 0.15) is 0 Å². The molecular weight excluding hydrogens is 320 g/mol. The topological polar surface area (TPSA) is 84.7 Å². The van der Waals surface area contributed by atoms with Crippen LogP contribution in [-0.2, 0) is 16.0 Å². The lowest BCUT2D eigenvalue weighted by Crippen LogP contribution is -2.50. The summed E-state index contributed by atoms with van der Waals surface area (Å²) in [5, 5.41) is 7.51. The number of carbonyl (C=O) groups excluding carboxylic acids is 1. The number of likely N-dealkylation sites (tertiary alicyclic amines) is 1. The molecule has 4 rings (SSSR count). The minimum Gasteiger partial charge on any atom is -0.378 e. The highest BCUT2D eigenvalue weighted by atomic mass is 16.5. The fraction of sp³-hybridized carbons (Fsp3) is 0.647. The number of carbonyl (C=O) groups is 1. The van der Waals surface area contributed by atoms with Crippen LogP contribution in [0, 0.1) is 13.8 Å². The van der Waals surface area contributed by atoms with E-state index in [-0.39, 0.29) is 24.4 Å². The van der Waals surface area contributed by atoms with Crippen LogP contribution in [0.4, 0.5) is 0 Å². The lowest BCUT2D eigenvalue weighted by Gasteiger charge is -2.27. The number of nitrogens with zero attached hydrogens (tertiary/aromatic N) is 5. The van der Waals surface area contributed by atoms with Crippen LogP contribution in [0.25, 0.3) is 5.78 Å². The van der Waals surface area contributed by atoms with Crippen molar-refractivity contribution in [3.63, 3.8) is 0 Å². The van der Waals surface area contributed by atoms with Gasteiger partial charge in [-0.15, -0.1) is 5.10 Å². The second-order valence-electron chi connectivity index (χ2n) is 6.98.